The predicted molar refractivity (Wildman–Crippen MR) is 144 cm³/mol. The van der Waals surface area contributed by atoms with Crippen molar-refractivity contribution >= 4 is 17.3 Å². The summed E-state index contributed by atoms with van der Waals surface area (Å²) in [5, 5.41) is 13.9. The summed E-state index contributed by atoms with van der Waals surface area (Å²) in [6.07, 6.45) is -2.53. The van der Waals surface area contributed by atoms with Crippen LogP contribution in [0.1, 0.15) is 34.1 Å². The molecule has 8 nitrogen and oxygen atoms in total. The first kappa shape index (κ1) is 27.0. The van der Waals surface area contributed by atoms with Gasteiger partial charge in [-0.3, -0.25) is 4.79 Å². The van der Waals surface area contributed by atoms with Crippen molar-refractivity contribution in [2.24, 2.45) is 0 Å². The van der Waals surface area contributed by atoms with Gasteiger partial charge in [0.1, 0.15) is 17.6 Å². The van der Waals surface area contributed by atoms with Crippen molar-refractivity contribution in [3.8, 4) is 17.0 Å². The highest BCUT2D eigenvalue weighted by molar-refractivity contribution is 6.00. The van der Waals surface area contributed by atoms with Gasteiger partial charge in [0, 0.05) is 42.4 Å². The van der Waals surface area contributed by atoms with Crippen LogP contribution in [0.2, 0.25) is 0 Å². The van der Waals surface area contributed by atoms with Gasteiger partial charge in [-0.05, 0) is 38.1 Å². The normalized spacial score (nSPS) is 16.4. The third-order valence-corrected chi connectivity index (χ3v) is 7.17. The lowest BCUT2D eigenvalue weighted by atomic mass is 10.0. The monoisotopic (exact) mass is 551 g/mol. The molecule has 0 unspecified atom stereocenters. The van der Waals surface area contributed by atoms with Crippen molar-refractivity contribution in [2.45, 2.75) is 26.1 Å². The van der Waals surface area contributed by atoms with E-state index in [4.69, 9.17) is 4.74 Å². The molecule has 1 aliphatic heterocycles. The number of fused-ring (bicyclic) bond motifs is 1. The first-order chi connectivity index (χ1) is 19.1. The van der Waals surface area contributed by atoms with E-state index >= 15 is 0 Å². The Kier molecular flexibility index (Phi) is 7.14. The van der Waals surface area contributed by atoms with E-state index < -0.39 is 17.8 Å². The van der Waals surface area contributed by atoms with Crippen molar-refractivity contribution in [1.29, 1.82) is 0 Å². The van der Waals surface area contributed by atoms with E-state index in [1.807, 2.05) is 42.2 Å². The topological polar surface area (TPSA) is 83.2 Å². The van der Waals surface area contributed by atoms with Crippen molar-refractivity contribution in [3.05, 3.63) is 89.4 Å². The van der Waals surface area contributed by atoms with Gasteiger partial charge in [-0.15, -0.1) is 0 Å². The van der Waals surface area contributed by atoms with Crippen LogP contribution >= 0.6 is 0 Å². The predicted octanol–water partition coefficient (Wildman–Crippen LogP) is 5.44. The number of carbonyl (C=O) groups is 1. The number of nitrogens with zero attached hydrogens (tertiary/aromatic N) is 5. The number of aliphatic hydroxyl groups excluding tert-OH is 1. The lowest BCUT2D eigenvalue weighted by Gasteiger charge is -2.41. The maximum atomic E-state index is 14.3. The Morgan fingerprint density at radius 1 is 1.10 bits per heavy atom. The molecule has 1 fully saturated rings. The van der Waals surface area contributed by atoms with Crippen LogP contribution in [0.4, 0.5) is 13.2 Å². The molecule has 0 radical (unpaired) electrons. The molecule has 40 heavy (non-hydrogen) atoms. The molecule has 2 aromatic heterocycles. The van der Waals surface area contributed by atoms with Gasteiger partial charge in [0.15, 0.2) is 11.3 Å². The van der Waals surface area contributed by atoms with E-state index in [0.717, 1.165) is 18.0 Å². The molecule has 1 atom stereocenters. The molecule has 0 saturated carbocycles. The number of hydrogen-bond acceptors (Lipinski definition) is 6. The fourth-order valence-corrected chi connectivity index (χ4v) is 5.17. The minimum Gasteiger partial charge on any atom is -0.513 e. The van der Waals surface area contributed by atoms with E-state index in [9.17, 15) is 23.1 Å². The van der Waals surface area contributed by atoms with Crippen molar-refractivity contribution in [3.63, 3.8) is 0 Å². The molecule has 1 N–H and O–H groups in total. The number of aliphatic hydroxyl groups is 1. The number of rotatable bonds is 5. The number of ether oxygens (including phenoxy) is 1. The standard InChI is InChI=1S/C29H28F3N5O3/c1-18-16-35(24(17-38)20-7-5-4-6-8-20)13-14-36(18)28(39)23-15-33-37-26(29(30,31)32)19(2)25(34-27(23)37)21-9-11-22(40-3)12-10-21/h4-12,15,17-18,38H,13-14,16H2,1-3H3/b24-17+/t18-/m1/s1. The van der Waals surface area contributed by atoms with E-state index in [1.165, 1.54) is 14.0 Å². The number of hydrogen-bond donors (Lipinski definition) is 1. The molecule has 2 aromatic carbocycles. The highest BCUT2D eigenvalue weighted by Crippen LogP contribution is 2.37. The summed E-state index contributed by atoms with van der Waals surface area (Å²) in [6, 6.07) is 15.6. The van der Waals surface area contributed by atoms with Crippen LogP contribution < -0.4 is 4.74 Å². The first-order valence-electron chi connectivity index (χ1n) is 12.7. The van der Waals surface area contributed by atoms with Gasteiger partial charge >= 0.3 is 6.18 Å². The highest BCUT2D eigenvalue weighted by Gasteiger charge is 2.39. The van der Waals surface area contributed by atoms with Crippen LogP contribution in [-0.4, -0.2) is 68.2 Å². The van der Waals surface area contributed by atoms with Gasteiger partial charge in [0.25, 0.3) is 5.91 Å². The quantitative estimate of drug-likeness (QED) is 0.333. The Morgan fingerprint density at radius 3 is 2.40 bits per heavy atom. The maximum Gasteiger partial charge on any atom is 0.433 e. The van der Waals surface area contributed by atoms with E-state index in [2.05, 4.69) is 10.1 Å². The number of aromatic nitrogens is 3. The smallest absolute Gasteiger partial charge is 0.433 e. The molecule has 0 spiro atoms. The van der Waals surface area contributed by atoms with Gasteiger partial charge in [0.2, 0.25) is 0 Å². The Morgan fingerprint density at radius 2 is 1.80 bits per heavy atom. The third-order valence-electron chi connectivity index (χ3n) is 7.17. The van der Waals surface area contributed by atoms with Gasteiger partial charge in [-0.2, -0.15) is 18.3 Å². The molecule has 3 heterocycles. The van der Waals surface area contributed by atoms with Gasteiger partial charge in [0.05, 0.1) is 24.7 Å². The summed E-state index contributed by atoms with van der Waals surface area (Å²) < 4.78 is 48.7. The Hall–Kier alpha value is -4.54. The molecular weight excluding hydrogens is 523 g/mol. The van der Waals surface area contributed by atoms with Crippen LogP contribution in [0.5, 0.6) is 5.75 Å². The number of carbonyl (C=O) groups excluding carboxylic acids is 1. The number of piperazine rings is 1. The van der Waals surface area contributed by atoms with Crippen molar-refractivity contribution in [1.82, 2.24) is 24.4 Å². The Balaban J connectivity index is 1.50. The minimum absolute atomic E-state index is 0.0125. The largest absolute Gasteiger partial charge is 0.513 e. The molecule has 11 heteroatoms. The lowest BCUT2D eigenvalue weighted by Crippen LogP contribution is -2.53. The summed E-state index contributed by atoms with van der Waals surface area (Å²) in [5.41, 5.74) is 0.772. The molecular formula is C29H28F3N5O3. The second-order valence-electron chi connectivity index (χ2n) is 9.63. The van der Waals surface area contributed by atoms with Gasteiger partial charge in [-0.25, -0.2) is 9.50 Å². The minimum atomic E-state index is -4.73. The molecule has 4 aromatic rings. The molecule has 0 aliphatic carbocycles. The zero-order valence-corrected chi connectivity index (χ0v) is 22.2. The first-order valence-corrected chi connectivity index (χ1v) is 12.7. The number of alkyl halides is 3. The van der Waals surface area contributed by atoms with Crippen LogP contribution in [-0.2, 0) is 6.18 Å². The summed E-state index contributed by atoms with van der Waals surface area (Å²) in [6.45, 7) is 4.35. The zero-order valence-electron chi connectivity index (χ0n) is 22.2. The average molecular weight is 552 g/mol. The summed E-state index contributed by atoms with van der Waals surface area (Å²) in [4.78, 5) is 21.8. The fourth-order valence-electron chi connectivity index (χ4n) is 5.17. The Bertz CT molecular complexity index is 1570. The molecule has 1 saturated heterocycles. The number of halogens is 3. The van der Waals surface area contributed by atoms with Crippen LogP contribution in [0.3, 0.4) is 0 Å². The highest BCUT2D eigenvalue weighted by atomic mass is 19.4. The molecule has 1 aliphatic rings. The maximum absolute atomic E-state index is 14.3. The van der Waals surface area contributed by atoms with Gasteiger partial charge < -0.3 is 19.6 Å². The second-order valence-corrected chi connectivity index (χ2v) is 9.63. The van der Waals surface area contributed by atoms with Gasteiger partial charge in [-0.1, -0.05) is 30.3 Å². The molecule has 1 amide bonds. The lowest BCUT2D eigenvalue weighted by molar-refractivity contribution is -0.143. The van der Waals surface area contributed by atoms with E-state index in [1.54, 1.807) is 29.2 Å². The number of amides is 1. The second kappa shape index (κ2) is 10.6. The summed E-state index contributed by atoms with van der Waals surface area (Å²) in [5.74, 6) is 0.0971. The van der Waals surface area contributed by atoms with Crippen molar-refractivity contribution in [2.75, 3.05) is 26.7 Å². The van der Waals surface area contributed by atoms with E-state index in [0.29, 0.717) is 41.2 Å². The molecule has 5 rings (SSSR count). The Labute approximate surface area is 228 Å². The molecule has 0 bridgehead atoms. The summed E-state index contributed by atoms with van der Waals surface area (Å²) >= 11 is 0. The van der Waals surface area contributed by atoms with Crippen LogP contribution in [0.25, 0.3) is 22.6 Å². The number of methoxy groups -OCH3 is 1. The SMILES string of the molecule is COc1ccc(-c2nc3c(C(=O)N4CCN(/C(=C/O)c5ccccc5)C[C@H]4C)cnn3c(C(F)(F)F)c2C)cc1. The fraction of sp³-hybridized carbons (Fsp3) is 0.276. The third kappa shape index (κ3) is 4.83. The van der Waals surface area contributed by atoms with Crippen LogP contribution in [0, 0.1) is 6.92 Å². The average Bonchev–Trinajstić information content (AvgIpc) is 3.36. The van der Waals surface area contributed by atoms with E-state index in [-0.39, 0.29) is 28.5 Å². The number of benzene rings is 2. The van der Waals surface area contributed by atoms with Crippen LogP contribution in [0.15, 0.2) is 67.1 Å². The van der Waals surface area contributed by atoms with Crippen molar-refractivity contribution < 1.29 is 27.8 Å². The zero-order chi connectivity index (χ0) is 28.6. The molecule has 208 valence electrons. The summed E-state index contributed by atoms with van der Waals surface area (Å²) in [7, 11) is 1.50.